The first-order valence-corrected chi connectivity index (χ1v) is 13.4. The highest BCUT2D eigenvalue weighted by Crippen LogP contribution is 2.65. The number of nitrogens with zero attached hydrogens (tertiary/aromatic N) is 2. The van der Waals surface area contributed by atoms with Gasteiger partial charge in [-0.15, -0.1) is 0 Å². The van der Waals surface area contributed by atoms with Crippen molar-refractivity contribution in [3.63, 3.8) is 0 Å². The fourth-order valence-corrected chi connectivity index (χ4v) is 9.90. The van der Waals surface area contributed by atoms with E-state index < -0.39 is 0 Å². The molecule has 0 N–H and O–H groups in total. The van der Waals surface area contributed by atoms with E-state index in [0.717, 1.165) is 11.3 Å². The molecule has 0 radical (unpaired) electrons. The molecule has 1 aromatic carbocycles. The molecule has 3 heteroatoms. The van der Waals surface area contributed by atoms with Crippen molar-refractivity contribution in [3.05, 3.63) is 35.9 Å². The van der Waals surface area contributed by atoms with E-state index in [2.05, 4.69) is 61.3 Å². The Morgan fingerprint density at radius 3 is 1.82 bits per heavy atom. The lowest BCUT2D eigenvalue weighted by molar-refractivity contribution is 0.281. The van der Waals surface area contributed by atoms with Crippen LogP contribution in [0.5, 0.6) is 0 Å². The number of rotatable bonds is 9. The van der Waals surface area contributed by atoms with Crippen molar-refractivity contribution in [3.8, 4) is 0 Å². The van der Waals surface area contributed by atoms with Gasteiger partial charge in [0, 0.05) is 0 Å². The topological polar surface area (TPSA) is 6.48 Å². The van der Waals surface area contributed by atoms with E-state index in [4.69, 9.17) is 0 Å². The third kappa shape index (κ3) is 6.28. The number of hydrogen-bond donors (Lipinski definition) is 0. The molecule has 1 aromatic rings. The van der Waals surface area contributed by atoms with Gasteiger partial charge in [-0.2, -0.15) is 0 Å². The Bertz CT molecular complexity index is 517. The first-order chi connectivity index (χ1) is 13.7. The lowest BCUT2D eigenvalue weighted by Gasteiger charge is -2.46. The molecule has 2 saturated carbocycles. The smallest absolute Gasteiger partial charge is 0.0549 e. The molecule has 0 amide bonds. The first kappa shape index (κ1) is 22.3. The highest BCUT2D eigenvalue weighted by Gasteiger charge is 2.38. The third-order valence-electron chi connectivity index (χ3n) is 6.91. The Balaban J connectivity index is 1.85. The van der Waals surface area contributed by atoms with E-state index in [1.54, 1.807) is 5.56 Å². The molecule has 1 unspecified atom stereocenters. The molecular weight excluding hydrogens is 359 g/mol. The molecule has 3 rings (SSSR count). The Morgan fingerprint density at radius 1 is 0.786 bits per heavy atom. The average Bonchev–Trinajstić information content (AvgIpc) is 2.73. The minimum atomic E-state index is 0.00432. The standard InChI is InChI=1S/C25H43N2P/c1-26(2)20-13-21-27(3)25(22-14-7-4-8-15-22)28(23-16-9-5-10-17-23)24-18-11-6-12-19-24/h4,7-8,14-15,23-25H,5-6,9-13,16-21H2,1-3H3. The van der Waals surface area contributed by atoms with Crippen molar-refractivity contribution in [1.29, 1.82) is 0 Å². The second kappa shape index (κ2) is 11.7. The summed E-state index contributed by atoms with van der Waals surface area (Å²) in [6.45, 7) is 2.41. The van der Waals surface area contributed by atoms with Crippen molar-refractivity contribution < 1.29 is 0 Å². The van der Waals surface area contributed by atoms with Crippen LogP contribution in [0.1, 0.15) is 82.0 Å². The van der Waals surface area contributed by atoms with Crippen LogP contribution in [0.2, 0.25) is 0 Å². The molecule has 2 aliphatic rings. The van der Waals surface area contributed by atoms with E-state index in [-0.39, 0.29) is 7.92 Å². The maximum absolute atomic E-state index is 2.76. The molecule has 1 atom stereocenters. The third-order valence-corrected chi connectivity index (χ3v) is 10.9. The van der Waals surface area contributed by atoms with Gasteiger partial charge in [-0.1, -0.05) is 76.8 Å². The Hall–Kier alpha value is -0.430. The molecule has 0 aliphatic heterocycles. The van der Waals surface area contributed by atoms with E-state index in [1.165, 1.54) is 83.7 Å². The van der Waals surface area contributed by atoms with Crippen molar-refractivity contribution in [2.75, 3.05) is 34.2 Å². The maximum atomic E-state index is 2.76. The summed E-state index contributed by atoms with van der Waals surface area (Å²) < 4.78 is 0. The van der Waals surface area contributed by atoms with E-state index in [1.807, 2.05) is 0 Å². The van der Waals surface area contributed by atoms with Crippen LogP contribution in [-0.2, 0) is 0 Å². The molecule has 0 heterocycles. The van der Waals surface area contributed by atoms with Crippen molar-refractivity contribution >= 4 is 7.92 Å². The summed E-state index contributed by atoms with van der Waals surface area (Å²) >= 11 is 0. The summed E-state index contributed by atoms with van der Waals surface area (Å²) in [4.78, 5) is 5.09. The lowest BCUT2D eigenvalue weighted by atomic mass is 9.99. The molecule has 2 nitrogen and oxygen atoms in total. The molecule has 0 spiro atoms. The maximum Gasteiger partial charge on any atom is 0.0549 e. The Labute approximate surface area is 175 Å². The second-order valence-corrected chi connectivity index (χ2v) is 12.3. The molecule has 158 valence electrons. The molecule has 0 bridgehead atoms. The van der Waals surface area contributed by atoms with Gasteiger partial charge in [-0.05, 0) is 83.2 Å². The summed E-state index contributed by atoms with van der Waals surface area (Å²) in [7, 11) is 6.83. The quantitative estimate of drug-likeness (QED) is 0.423. The largest absolute Gasteiger partial charge is 0.309 e. The summed E-state index contributed by atoms with van der Waals surface area (Å²) in [5.74, 6) is 0.657. The summed E-state index contributed by atoms with van der Waals surface area (Å²) in [5.41, 5.74) is 3.58. The summed E-state index contributed by atoms with van der Waals surface area (Å²) in [5, 5.41) is 0. The molecular formula is C25H43N2P. The minimum Gasteiger partial charge on any atom is -0.309 e. The minimum absolute atomic E-state index is 0.00432. The van der Waals surface area contributed by atoms with Crippen LogP contribution in [0.15, 0.2) is 30.3 Å². The zero-order chi connectivity index (χ0) is 19.8. The predicted octanol–water partition coefficient (Wildman–Crippen LogP) is 6.72. The normalized spacial score (nSPS) is 20.9. The number of hydrogen-bond acceptors (Lipinski definition) is 2. The first-order valence-electron chi connectivity index (χ1n) is 11.8. The molecule has 2 fully saturated rings. The molecule has 28 heavy (non-hydrogen) atoms. The van der Waals surface area contributed by atoms with Gasteiger partial charge in [-0.3, -0.25) is 4.90 Å². The van der Waals surface area contributed by atoms with E-state index in [9.17, 15) is 0 Å². The van der Waals surface area contributed by atoms with Gasteiger partial charge in [-0.25, -0.2) is 0 Å². The molecule has 2 aliphatic carbocycles. The summed E-state index contributed by atoms with van der Waals surface area (Å²) in [6.07, 6.45) is 16.1. The average molecular weight is 403 g/mol. The summed E-state index contributed by atoms with van der Waals surface area (Å²) in [6, 6.07) is 11.6. The molecule has 0 saturated heterocycles. The van der Waals surface area contributed by atoms with Gasteiger partial charge < -0.3 is 4.90 Å². The van der Waals surface area contributed by atoms with E-state index in [0.29, 0.717) is 5.78 Å². The SMILES string of the molecule is CN(C)CCCN(C)C(c1ccccc1)P(C1CCCCC1)C1CCCCC1. The predicted molar refractivity (Wildman–Crippen MR) is 126 cm³/mol. The van der Waals surface area contributed by atoms with Gasteiger partial charge in [0.2, 0.25) is 0 Å². The van der Waals surface area contributed by atoms with Crippen LogP contribution in [0, 0.1) is 0 Å². The Morgan fingerprint density at radius 2 is 1.32 bits per heavy atom. The monoisotopic (exact) mass is 402 g/mol. The fourth-order valence-electron chi connectivity index (χ4n) is 5.49. The van der Waals surface area contributed by atoms with Crippen molar-refractivity contribution in [1.82, 2.24) is 9.80 Å². The van der Waals surface area contributed by atoms with Crippen LogP contribution in [0.3, 0.4) is 0 Å². The van der Waals surface area contributed by atoms with Crippen LogP contribution in [-0.4, -0.2) is 55.4 Å². The fraction of sp³-hybridized carbons (Fsp3) is 0.760. The Kier molecular flexibility index (Phi) is 9.28. The van der Waals surface area contributed by atoms with E-state index >= 15 is 0 Å². The van der Waals surface area contributed by atoms with Crippen LogP contribution in [0.25, 0.3) is 0 Å². The second-order valence-electron chi connectivity index (χ2n) is 9.45. The molecule has 0 aromatic heterocycles. The zero-order valence-corrected chi connectivity index (χ0v) is 19.5. The van der Waals surface area contributed by atoms with Gasteiger partial charge in [0.25, 0.3) is 0 Å². The van der Waals surface area contributed by atoms with Gasteiger partial charge in [0.05, 0.1) is 5.78 Å². The highest BCUT2D eigenvalue weighted by molar-refractivity contribution is 7.59. The lowest BCUT2D eigenvalue weighted by Crippen LogP contribution is -2.33. The van der Waals surface area contributed by atoms with Crippen molar-refractivity contribution in [2.24, 2.45) is 0 Å². The van der Waals surface area contributed by atoms with Gasteiger partial charge in [0.15, 0.2) is 0 Å². The van der Waals surface area contributed by atoms with Crippen LogP contribution >= 0.6 is 7.92 Å². The van der Waals surface area contributed by atoms with Gasteiger partial charge >= 0.3 is 0 Å². The van der Waals surface area contributed by atoms with Crippen molar-refractivity contribution in [2.45, 2.75) is 87.7 Å². The van der Waals surface area contributed by atoms with Crippen LogP contribution < -0.4 is 0 Å². The number of benzene rings is 1. The highest BCUT2D eigenvalue weighted by atomic mass is 31.1. The van der Waals surface area contributed by atoms with Crippen LogP contribution in [0.4, 0.5) is 0 Å². The van der Waals surface area contributed by atoms with Gasteiger partial charge in [0.1, 0.15) is 0 Å². The zero-order valence-electron chi connectivity index (χ0n) is 18.7.